The molecule has 3 heteroatoms. The molecular formula is C6H9N2P. The highest BCUT2D eigenvalue weighted by atomic mass is 31.0. The van der Waals surface area contributed by atoms with Crippen molar-refractivity contribution in [2.45, 2.75) is 0 Å². The number of hydrogen-bond donors (Lipinski definition) is 2. The van der Waals surface area contributed by atoms with E-state index in [0.29, 0.717) is 0 Å². The quantitative estimate of drug-likeness (QED) is 0.338. The molecule has 48 valence electrons. The molecule has 1 aromatic rings. The summed E-state index contributed by atoms with van der Waals surface area (Å²) in [5, 5.41) is 1.16. The number of nitrogens with one attached hydrogen (secondary N) is 1. The van der Waals surface area contributed by atoms with Crippen molar-refractivity contribution in [1.29, 1.82) is 0 Å². The number of hydrogen-bond acceptors (Lipinski definition) is 2. The van der Waals surface area contributed by atoms with E-state index in [1.54, 1.807) is 0 Å². The zero-order chi connectivity index (χ0) is 6.69. The van der Waals surface area contributed by atoms with Crippen molar-refractivity contribution >= 4 is 20.2 Å². The molecule has 2 nitrogen and oxygen atoms in total. The van der Waals surface area contributed by atoms with E-state index in [9.17, 15) is 0 Å². The first-order valence-corrected chi connectivity index (χ1v) is 3.23. The molecule has 9 heavy (non-hydrogen) atoms. The molecule has 1 unspecified atom stereocenters. The Morgan fingerprint density at radius 1 is 1.22 bits per heavy atom. The van der Waals surface area contributed by atoms with Crippen molar-refractivity contribution in [2.75, 3.05) is 5.43 Å². The first-order chi connectivity index (χ1) is 4.33. The van der Waals surface area contributed by atoms with Crippen LogP contribution in [0.15, 0.2) is 24.3 Å². The minimum atomic E-state index is 0.932. The molecule has 0 saturated carbocycles. The third kappa shape index (κ3) is 1.67. The summed E-state index contributed by atoms with van der Waals surface area (Å²) in [5.41, 5.74) is 3.48. The number of nitrogen functional groups attached to an aromatic ring is 1. The predicted octanol–water partition coefficient (Wildman–Crippen LogP) is 0.473. The van der Waals surface area contributed by atoms with Gasteiger partial charge in [0, 0.05) is 5.69 Å². The predicted molar refractivity (Wildman–Crippen MR) is 43.6 cm³/mol. The van der Waals surface area contributed by atoms with E-state index in [4.69, 9.17) is 5.84 Å². The van der Waals surface area contributed by atoms with E-state index in [2.05, 4.69) is 14.7 Å². The minimum Gasteiger partial charge on any atom is -0.324 e. The van der Waals surface area contributed by atoms with Crippen LogP contribution in [0, 0.1) is 0 Å². The first-order valence-electron chi connectivity index (χ1n) is 2.65. The second-order valence-electron chi connectivity index (χ2n) is 1.77. The summed E-state index contributed by atoms with van der Waals surface area (Å²) in [4.78, 5) is 0. The van der Waals surface area contributed by atoms with Gasteiger partial charge in [0.2, 0.25) is 0 Å². The van der Waals surface area contributed by atoms with E-state index in [1.807, 2.05) is 24.3 Å². The Kier molecular flexibility index (Phi) is 2.04. The van der Waals surface area contributed by atoms with Gasteiger partial charge in [0.05, 0.1) is 0 Å². The van der Waals surface area contributed by atoms with Crippen LogP contribution in [0.3, 0.4) is 0 Å². The Balaban J connectivity index is 2.88. The van der Waals surface area contributed by atoms with Crippen LogP contribution in [0.1, 0.15) is 0 Å². The van der Waals surface area contributed by atoms with Crippen LogP contribution in [0.5, 0.6) is 0 Å². The summed E-state index contributed by atoms with van der Waals surface area (Å²) < 4.78 is 0. The van der Waals surface area contributed by atoms with E-state index < -0.39 is 0 Å². The summed E-state index contributed by atoms with van der Waals surface area (Å²) in [6.07, 6.45) is 0. The SMILES string of the molecule is NNc1ccc(P)cc1. The first kappa shape index (κ1) is 6.53. The van der Waals surface area contributed by atoms with E-state index in [-0.39, 0.29) is 0 Å². The molecule has 0 aromatic heterocycles. The minimum absolute atomic E-state index is 0.932. The molecule has 0 radical (unpaired) electrons. The largest absolute Gasteiger partial charge is 0.324 e. The number of rotatable bonds is 1. The van der Waals surface area contributed by atoms with Gasteiger partial charge in [-0.2, -0.15) is 0 Å². The molecule has 1 atom stereocenters. The smallest absolute Gasteiger partial charge is 0.0485 e. The molecule has 0 heterocycles. The highest BCUT2D eigenvalue weighted by Gasteiger charge is 1.84. The van der Waals surface area contributed by atoms with Crippen LogP contribution in [0.4, 0.5) is 5.69 Å². The van der Waals surface area contributed by atoms with Crippen molar-refractivity contribution in [2.24, 2.45) is 5.84 Å². The summed E-state index contributed by atoms with van der Waals surface area (Å²) >= 11 is 0. The average molecular weight is 140 g/mol. The van der Waals surface area contributed by atoms with Gasteiger partial charge in [-0.25, -0.2) is 0 Å². The molecule has 0 bridgehead atoms. The van der Waals surface area contributed by atoms with Crippen molar-refractivity contribution in [3.8, 4) is 0 Å². The fraction of sp³-hybridized carbons (Fsp3) is 0. The van der Waals surface area contributed by atoms with Gasteiger partial charge in [0.1, 0.15) is 0 Å². The number of hydrazine groups is 1. The van der Waals surface area contributed by atoms with Gasteiger partial charge in [-0.15, -0.1) is 9.24 Å². The number of benzene rings is 1. The molecule has 0 aliphatic rings. The summed E-state index contributed by atoms with van der Waals surface area (Å²) in [7, 11) is 2.60. The fourth-order valence-corrected chi connectivity index (χ4v) is 0.772. The lowest BCUT2D eigenvalue weighted by molar-refractivity contribution is 1.36. The lowest BCUT2D eigenvalue weighted by Gasteiger charge is -1.97. The maximum atomic E-state index is 5.14. The van der Waals surface area contributed by atoms with Gasteiger partial charge in [-0.1, -0.05) is 12.1 Å². The molecule has 0 amide bonds. The van der Waals surface area contributed by atoms with Crippen LogP contribution in [0.25, 0.3) is 0 Å². The van der Waals surface area contributed by atoms with E-state index in [0.717, 1.165) is 11.0 Å². The zero-order valence-corrected chi connectivity index (χ0v) is 6.12. The standard InChI is InChI=1S/C6H9N2P/c7-8-5-1-3-6(9)4-2-5/h1-4,8H,7,9H2. The molecule has 0 aliphatic heterocycles. The molecule has 1 rings (SSSR count). The molecule has 0 saturated heterocycles. The summed E-state index contributed by atoms with van der Waals surface area (Å²) in [6.45, 7) is 0. The fourth-order valence-electron chi connectivity index (χ4n) is 0.579. The maximum Gasteiger partial charge on any atom is 0.0485 e. The second-order valence-corrected chi connectivity index (χ2v) is 2.43. The summed E-state index contributed by atoms with van der Waals surface area (Å²) in [6, 6.07) is 7.78. The second kappa shape index (κ2) is 2.81. The van der Waals surface area contributed by atoms with Crippen molar-refractivity contribution in [3.63, 3.8) is 0 Å². The molecule has 3 N–H and O–H groups in total. The lowest BCUT2D eigenvalue weighted by atomic mass is 10.3. The monoisotopic (exact) mass is 140 g/mol. The third-order valence-corrected chi connectivity index (χ3v) is 1.46. The van der Waals surface area contributed by atoms with Crippen LogP contribution in [-0.4, -0.2) is 0 Å². The molecule has 0 fully saturated rings. The summed E-state index contributed by atoms with van der Waals surface area (Å²) in [5.74, 6) is 5.14. The Hall–Kier alpha value is -0.590. The normalized spacial score (nSPS) is 9.11. The molecule has 0 aliphatic carbocycles. The van der Waals surface area contributed by atoms with Crippen molar-refractivity contribution in [1.82, 2.24) is 0 Å². The van der Waals surface area contributed by atoms with Crippen molar-refractivity contribution < 1.29 is 0 Å². The molecular weight excluding hydrogens is 131 g/mol. The Labute approximate surface area is 56.6 Å². The van der Waals surface area contributed by atoms with Gasteiger partial charge >= 0.3 is 0 Å². The van der Waals surface area contributed by atoms with Gasteiger partial charge < -0.3 is 5.43 Å². The van der Waals surface area contributed by atoms with Crippen LogP contribution in [-0.2, 0) is 0 Å². The Morgan fingerprint density at radius 2 is 1.78 bits per heavy atom. The highest BCUT2D eigenvalue weighted by Crippen LogP contribution is 2.01. The molecule has 0 spiro atoms. The highest BCUT2D eigenvalue weighted by molar-refractivity contribution is 7.27. The van der Waals surface area contributed by atoms with Crippen molar-refractivity contribution in [3.05, 3.63) is 24.3 Å². The van der Waals surface area contributed by atoms with Gasteiger partial charge in [-0.3, -0.25) is 5.84 Å². The zero-order valence-electron chi connectivity index (χ0n) is 4.96. The molecule has 1 aromatic carbocycles. The maximum absolute atomic E-state index is 5.14. The number of anilines is 1. The van der Waals surface area contributed by atoms with Crippen LogP contribution < -0.4 is 16.6 Å². The number of nitrogens with two attached hydrogens (primary N) is 1. The lowest BCUT2D eigenvalue weighted by Crippen LogP contribution is -2.06. The van der Waals surface area contributed by atoms with Crippen LogP contribution in [0.2, 0.25) is 0 Å². The van der Waals surface area contributed by atoms with Gasteiger partial charge in [-0.05, 0) is 17.4 Å². The average Bonchev–Trinajstić information content (AvgIpc) is 1.90. The van der Waals surface area contributed by atoms with Crippen LogP contribution >= 0.6 is 9.24 Å². The van der Waals surface area contributed by atoms with E-state index in [1.165, 1.54) is 0 Å². The Bertz CT molecular complexity index is 183. The topological polar surface area (TPSA) is 38.0 Å². The third-order valence-electron chi connectivity index (χ3n) is 1.08. The van der Waals surface area contributed by atoms with Gasteiger partial charge in [0.25, 0.3) is 0 Å². The Morgan fingerprint density at radius 3 is 2.22 bits per heavy atom. The van der Waals surface area contributed by atoms with Gasteiger partial charge in [0.15, 0.2) is 0 Å². The van der Waals surface area contributed by atoms with E-state index >= 15 is 0 Å².